The normalized spacial score (nSPS) is 11.5. The van der Waals surface area contributed by atoms with E-state index >= 15 is 0 Å². The van der Waals surface area contributed by atoms with Gasteiger partial charge in [-0.3, -0.25) is 4.79 Å². The van der Waals surface area contributed by atoms with Crippen LogP contribution in [-0.4, -0.2) is 11.8 Å². The lowest BCUT2D eigenvalue weighted by Gasteiger charge is -2.18. The number of ketones is 1. The quantitative estimate of drug-likeness (QED) is 0.199. The first kappa shape index (κ1) is 21.5. The van der Waals surface area contributed by atoms with Gasteiger partial charge in [-0.15, -0.1) is 0 Å². The average Bonchev–Trinajstić information content (AvgIpc) is 2.72. The number of para-hydroxylation sites is 1. The van der Waals surface area contributed by atoms with Crippen molar-refractivity contribution < 1.29 is 14.3 Å². The Balaban J connectivity index is 1.76. The summed E-state index contributed by atoms with van der Waals surface area (Å²) in [4.78, 5) is 25.1. The average molecular weight is 419 g/mol. The number of allylic oxidation sites excluding steroid dienone is 1. The van der Waals surface area contributed by atoms with E-state index in [2.05, 4.69) is 32.9 Å². The molecule has 30 heavy (non-hydrogen) atoms. The predicted octanol–water partition coefficient (Wildman–Crippen LogP) is 6.75. The fourth-order valence-corrected chi connectivity index (χ4v) is 2.99. The van der Waals surface area contributed by atoms with Crippen LogP contribution >= 0.6 is 11.6 Å². The van der Waals surface area contributed by atoms with Crippen molar-refractivity contribution in [1.82, 2.24) is 0 Å². The molecule has 0 aliphatic heterocycles. The van der Waals surface area contributed by atoms with Crippen LogP contribution in [0.25, 0.3) is 6.08 Å². The van der Waals surface area contributed by atoms with E-state index in [9.17, 15) is 9.59 Å². The Bertz CT molecular complexity index is 1070. The molecule has 0 atom stereocenters. The zero-order chi connectivity index (χ0) is 21.7. The Kier molecular flexibility index (Phi) is 6.53. The van der Waals surface area contributed by atoms with Crippen LogP contribution < -0.4 is 4.74 Å². The van der Waals surface area contributed by atoms with Gasteiger partial charge in [0.1, 0.15) is 5.75 Å². The van der Waals surface area contributed by atoms with E-state index < -0.39 is 5.97 Å². The van der Waals surface area contributed by atoms with Crippen LogP contribution in [0.5, 0.6) is 5.75 Å². The van der Waals surface area contributed by atoms with E-state index in [1.54, 1.807) is 54.6 Å². The Labute approximate surface area is 182 Å². The summed E-state index contributed by atoms with van der Waals surface area (Å²) in [6.07, 6.45) is 3.24. The monoisotopic (exact) mass is 418 g/mol. The first-order valence-corrected chi connectivity index (χ1v) is 10.0. The third kappa shape index (κ3) is 5.46. The van der Waals surface area contributed by atoms with Gasteiger partial charge in [-0.1, -0.05) is 74.8 Å². The summed E-state index contributed by atoms with van der Waals surface area (Å²) in [5.41, 5.74) is 2.90. The third-order valence-electron chi connectivity index (χ3n) is 4.64. The van der Waals surface area contributed by atoms with Gasteiger partial charge in [-0.05, 0) is 59.0 Å². The van der Waals surface area contributed by atoms with Gasteiger partial charge in [0.15, 0.2) is 5.78 Å². The highest BCUT2D eigenvalue weighted by Gasteiger charge is 2.15. The van der Waals surface area contributed by atoms with Crippen molar-refractivity contribution in [2.24, 2.45) is 0 Å². The van der Waals surface area contributed by atoms with Crippen molar-refractivity contribution in [2.45, 2.75) is 26.2 Å². The molecular weight excluding hydrogens is 396 g/mol. The molecule has 0 saturated carbocycles. The highest BCUT2D eigenvalue weighted by atomic mass is 35.5. The van der Waals surface area contributed by atoms with E-state index in [4.69, 9.17) is 16.3 Å². The Morgan fingerprint density at radius 3 is 2.13 bits per heavy atom. The first-order valence-electron chi connectivity index (χ1n) is 9.64. The van der Waals surface area contributed by atoms with Crippen LogP contribution in [0.4, 0.5) is 0 Å². The van der Waals surface area contributed by atoms with E-state index in [-0.39, 0.29) is 16.9 Å². The van der Waals surface area contributed by atoms with Gasteiger partial charge in [-0.2, -0.15) is 0 Å². The van der Waals surface area contributed by atoms with Crippen molar-refractivity contribution in [2.75, 3.05) is 0 Å². The van der Waals surface area contributed by atoms with Crippen LogP contribution in [0.1, 0.15) is 52.6 Å². The fraction of sp³-hybridized carbons (Fsp3) is 0.154. The minimum atomic E-state index is -0.548. The van der Waals surface area contributed by atoms with Crippen LogP contribution in [0.15, 0.2) is 78.9 Å². The summed E-state index contributed by atoms with van der Waals surface area (Å²) in [5, 5.41) is 0.530. The molecule has 0 unspecified atom stereocenters. The second-order valence-electron chi connectivity index (χ2n) is 7.96. The summed E-state index contributed by atoms with van der Waals surface area (Å²) in [6.45, 7) is 6.47. The number of hydrogen-bond acceptors (Lipinski definition) is 3. The molecule has 0 aliphatic rings. The third-order valence-corrected chi connectivity index (χ3v) is 4.89. The number of rotatable bonds is 5. The summed E-state index contributed by atoms with van der Waals surface area (Å²) < 4.78 is 5.46. The van der Waals surface area contributed by atoms with Crippen LogP contribution in [0.3, 0.4) is 0 Å². The first-order chi connectivity index (χ1) is 14.2. The predicted molar refractivity (Wildman–Crippen MR) is 121 cm³/mol. The summed E-state index contributed by atoms with van der Waals surface area (Å²) in [6, 6.07) is 21.2. The van der Waals surface area contributed by atoms with Gasteiger partial charge in [-0.25, -0.2) is 4.79 Å². The smallest absolute Gasteiger partial charge is 0.343 e. The minimum Gasteiger partial charge on any atom is -0.422 e. The van der Waals surface area contributed by atoms with Crippen molar-refractivity contribution in [3.8, 4) is 5.75 Å². The second-order valence-corrected chi connectivity index (χ2v) is 8.40. The minimum absolute atomic E-state index is 0.0744. The van der Waals surface area contributed by atoms with Gasteiger partial charge in [0, 0.05) is 5.02 Å². The lowest BCUT2D eigenvalue weighted by atomic mass is 9.87. The van der Waals surface area contributed by atoms with Crippen LogP contribution in [0, 0.1) is 0 Å². The number of carbonyl (C=O) groups excluding carboxylic acids is 2. The molecule has 0 N–H and O–H groups in total. The number of carbonyl (C=O) groups is 2. The standard InChI is InChI=1S/C26H23ClO3/c1-26(2,3)20-13-8-18(9-14-20)10-17-23(28)22-6-4-5-7-24(22)30-25(29)19-11-15-21(27)16-12-19/h4-17H,1-3H3/b17-10+. The molecule has 0 amide bonds. The molecule has 0 saturated heterocycles. The number of esters is 1. The van der Waals surface area contributed by atoms with Gasteiger partial charge in [0.2, 0.25) is 0 Å². The molecule has 0 radical (unpaired) electrons. The van der Waals surface area contributed by atoms with E-state index in [0.29, 0.717) is 16.1 Å². The van der Waals surface area contributed by atoms with Crippen molar-refractivity contribution in [3.05, 3.63) is 106 Å². The number of ether oxygens (including phenoxy) is 1. The van der Waals surface area contributed by atoms with E-state index in [1.165, 1.54) is 11.6 Å². The zero-order valence-corrected chi connectivity index (χ0v) is 17.9. The summed E-state index contributed by atoms with van der Waals surface area (Å²) in [7, 11) is 0. The molecule has 0 spiro atoms. The largest absolute Gasteiger partial charge is 0.422 e. The van der Waals surface area contributed by atoms with Crippen molar-refractivity contribution in [1.29, 1.82) is 0 Å². The van der Waals surface area contributed by atoms with Gasteiger partial charge >= 0.3 is 5.97 Å². The van der Waals surface area contributed by atoms with E-state index in [1.807, 2.05) is 12.1 Å². The van der Waals surface area contributed by atoms with Crippen LogP contribution in [-0.2, 0) is 5.41 Å². The Morgan fingerprint density at radius 1 is 0.867 bits per heavy atom. The lowest BCUT2D eigenvalue weighted by molar-refractivity contribution is 0.0733. The van der Waals surface area contributed by atoms with Gasteiger partial charge < -0.3 is 4.74 Å². The SMILES string of the molecule is CC(C)(C)c1ccc(/C=C/C(=O)c2ccccc2OC(=O)c2ccc(Cl)cc2)cc1. The molecule has 3 aromatic carbocycles. The zero-order valence-electron chi connectivity index (χ0n) is 17.2. The molecule has 0 aromatic heterocycles. The molecule has 0 heterocycles. The highest BCUT2D eigenvalue weighted by molar-refractivity contribution is 6.30. The maximum atomic E-state index is 12.7. The molecule has 0 fully saturated rings. The van der Waals surface area contributed by atoms with E-state index in [0.717, 1.165) is 5.56 Å². The number of benzene rings is 3. The fourth-order valence-electron chi connectivity index (χ4n) is 2.86. The summed E-state index contributed by atoms with van der Waals surface area (Å²) in [5.74, 6) is -0.571. The maximum absolute atomic E-state index is 12.7. The molecule has 152 valence electrons. The van der Waals surface area contributed by atoms with Gasteiger partial charge in [0.25, 0.3) is 0 Å². The van der Waals surface area contributed by atoms with Gasteiger partial charge in [0.05, 0.1) is 11.1 Å². The van der Waals surface area contributed by atoms with Crippen molar-refractivity contribution >= 4 is 29.4 Å². The summed E-state index contributed by atoms with van der Waals surface area (Å²) >= 11 is 5.85. The lowest BCUT2D eigenvalue weighted by Crippen LogP contribution is -2.11. The number of hydrogen-bond donors (Lipinski definition) is 0. The Hall–Kier alpha value is -3.17. The number of halogens is 1. The molecule has 3 rings (SSSR count). The molecule has 0 bridgehead atoms. The molecular formula is C26H23ClO3. The topological polar surface area (TPSA) is 43.4 Å². The molecule has 3 nitrogen and oxygen atoms in total. The molecule has 4 heteroatoms. The second kappa shape index (κ2) is 9.10. The molecule has 0 aliphatic carbocycles. The maximum Gasteiger partial charge on any atom is 0.343 e. The van der Waals surface area contributed by atoms with Crippen LogP contribution in [0.2, 0.25) is 5.02 Å². The Morgan fingerprint density at radius 2 is 1.50 bits per heavy atom. The van der Waals surface area contributed by atoms with Crippen molar-refractivity contribution in [3.63, 3.8) is 0 Å². The molecule has 3 aromatic rings. The highest BCUT2D eigenvalue weighted by Crippen LogP contribution is 2.24.